The Morgan fingerprint density at radius 1 is 1.46 bits per heavy atom. The molecule has 0 aliphatic carbocycles. The maximum absolute atomic E-state index is 11.4. The first-order chi connectivity index (χ1) is 12.0. The van der Waals surface area contributed by atoms with E-state index in [2.05, 4.69) is 25.4 Å². The molecule has 2 rings (SSSR count). The Morgan fingerprint density at radius 3 is 2.77 bits per heavy atom. The summed E-state index contributed by atoms with van der Waals surface area (Å²) in [5.74, 6) is 1.52. The topological polar surface area (TPSA) is 168 Å². The molecular weight excluding hydrogens is 406 g/mol. The molecule has 0 amide bonds. The lowest BCUT2D eigenvalue weighted by Crippen LogP contribution is -2.18. The molecule has 0 spiro atoms. The molecule has 1 saturated heterocycles. The number of nitrogens with two attached hydrogens (primary N) is 1. The van der Waals surface area contributed by atoms with E-state index in [1.54, 1.807) is 13.1 Å². The molecule has 0 aromatic carbocycles. The van der Waals surface area contributed by atoms with Crippen LogP contribution in [0.2, 0.25) is 0 Å². The van der Waals surface area contributed by atoms with Crippen LogP contribution in [0.4, 0.5) is 5.82 Å². The average Bonchev–Trinajstić information content (AvgIpc) is 2.80. The van der Waals surface area contributed by atoms with Gasteiger partial charge in [0.1, 0.15) is 11.6 Å². The SMILES string of the molecule is C=C1/C(=C/COP(=O)(O)OP(=O)(O)O)SCN1Cc1cnc(C)nc1N. The van der Waals surface area contributed by atoms with Crippen LogP contribution < -0.4 is 5.73 Å². The number of phosphoric ester groups is 1. The largest absolute Gasteiger partial charge is 0.481 e. The lowest BCUT2D eigenvalue weighted by atomic mass is 10.2. The standard InChI is InChI=1S/C12H18N4O7P2S/c1-8-11(3-4-22-25(20,21)23-24(17,18)19)26-7-16(8)6-10-5-14-9(2)15-12(10)13/h3,5H,1,4,6-7H2,2H3,(H,20,21)(H2,13,14,15)(H2,17,18,19)/b11-3-. The zero-order chi connectivity index (χ0) is 19.5. The van der Waals surface area contributed by atoms with Crippen molar-refractivity contribution in [3.63, 3.8) is 0 Å². The van der Waals surface area contributed by atoms with Gasteiger partial charge in [0.15, 0.2) is 0 Å². The Labute approximate surface area is 153 Å². The van der Waals surface area contributed by atoms with E-state index < -0.39 is 22.3 Å². The van der Waals surface area contributed by atoms with Gasteiger partial charge in [-0.2, -0.15) is 4.31 Å². The molecule has 11 nitrogen and oxygen atoms in total. The summed E-state index contributed by atoms with van der Waals surface area (Å²) >= 11 is 1.41. The summed E-state index contributed by atoms with van der Waals surface area (Å²) in [5, 5.41) is 0. The predicted octanol–water partition coefficient (Wildman–Crippen LogP) is 1.50. The second-order valence-corrected chi connectivity index (χ2v) is 8.97. The summed E-state index contributed by atoms with van der Waals surface area (Å²) in [7, 11) is -10.0. The van der Waals surface area contributed by atoms with Gasteiger partial charge in [0.25, 0.3) is 0 Å². The van der Waals surface area contributed by atoms with Crippen LogP contribution in [-0.4, -0.2) is 42.0 Å². The lowest BCUT2D eigenvalue weighted by Gasteiger charge is -2.18. The highest BCUT2D eigenvalue weighted by Crippen LogP contribution is 2.57. The van der Waals surface area contributed by atoms with Gasteiger partial charge in [-0.15, -0.1) is 11.8 Å². The molecule has 0 radical (unpaired) electrons. The van der Waals surface area contributed by atoms with Gasteiger partial charge in [-0.3, -0.25) is 4.52 Å². The van der Waals surface area contributed by atoms with Crippen molar-refractivity contribution in [3.05, 3.63) is 40.8 Å². The molecule has 0 bridgehead atoms. The molecule has 1 atom stereocenters. The van der Waals surface area contributed by atoms with Crippen molar-refractivity contribution in [2.24, 2.45) is 0 Å². The second-order valence-electron chi connectivity index (χ2n) is 5.15. The van der Waals surface area contributed by atoms with Crippen LogP contribution in [0.3, 0.4) is 0 Å². The van der Waals surface area contributed by atoms with E-state index in [-0.39, 0.29) is 0 Å². The minimum atomic E-state index is -5.14. The van der Waals surface area contributed by atoms with E-state index in [9.17, 15) is 14.0 Å². The molecule has 14 heteroatoms. The zero-order valence-electron chi connectivity index (χ0n) is 13.7. The number of anilines is 1. The quantitative estimate of drug-likeness (QED) is 0.466. The Hall–Kier alpha value is -1.23. The van der Waals surface area contributed by atoms with Crippen molar-refractivity contribution in [2.45, 2.75) is 13.5 Å². The summed E-state index contributed by atoms with van der Waals surface area (Å²) in [6.45, 7) is 5.74. The van der Waals surface area contributed by atoms with E-state index in [0.29, 0.717) is 34.7 Å². The number of rotatable bonds is 7. The Kier molecular flexibility index (Phi) is 6.65. The first kappa shape index (κ1) is 21.1. The number of nitrogen functional groups attached to an aromatic ring is 1. The second kappa shape index (κ2) is 8.20. The van der Waals surface area contributed by atoms with Crippen LogP contribution in [0, 0.1) is 6.92 Å². The van der Waals surface area contributed by atoms with Gasteiger partial charge in [0.2, 0.25) is 0 Å². The molecule has 2 heterocycles. The molecule has 1 aliphatic heterocycles. The number of phosphoric acid groups is 2. The van der Waals surface area contributed by atoms with Gasteiger partial charge >= 0.3 is 15.6 Å². The van der Waals surface area contributed by atoms with E-state index in [1.165, 1.54) is 17.8 Å². The molecule has 0 saturated carbocycles. The maximum Gasteiger partial charge on any atom is 0.481 e. The van der Waals surface area contributed by atoms with E-state index >= 15 is 0 Å². The maximum atomic E-state index is 11.4. The van der Waals surface area contributed by atoms with Crippen molar-refractivity contribution in [1.29, 1.82) is 0 Å². The van der Waals surface area contributed by atoms with Crippen LogP contribution in [0.25, 0.3) is 0 Å². The van der Waals surface area contributed by atoms with Crippen molar-refractivity contribution in [3.8, 4) is 0 Å². The summed E-state index contributed by atoms with van der Waals surface area (Å²) in [4.78, 5) is 37.1. The molecule has 1 aromatic heterocycles. The minimum absolute atomic E-state index is 0.381. The molecule has 5 N–H and O–H groups in total. The molecular formula is C12H18N4O7P2S. The highest BCUT2D eigenvalue weighted by atomic mass is 32.2. The minimum Gasteiger partial charge on any atom is -0.383 e. The van der Waals surface area contributed by atoms with Crippen molar-refractivity contribution < 1.29 is 32.6 Å². The fourth-order valence-corrected chi connectivity index (χ4v) is 4.54. The third kappa shape index (κ3) is 6.19. The number of nitrogens with zero attached hydrogens (tertiary/aromatic N) is 3. The first-order valence-electron chi connectivity index (χ1n) is 7.06. The third-order valence-corrected chi connectivity index (χ3v) is 6.44. The Bertz CT molecular complexity index is 828. The highest BCUT2D eigenvalue weighted by Gasteiger charge is 2.32. The zero-order valence-corrected chi connectivity index (χ0v) is 16.3. The third-order valence-electron chi connectivity index (χ3n) is 3.14. The van der Waals surface area contributed by atoms with Gasteiger partial charge in [-0.1, -0.05) is 6.58 Å². The number of thioether (sulfide) groups is 1. The van der Waals surface area contributed by atoms with E-state index in [4.69, 9.17) is 15.5 Å². The fraction of sp³-hybridized carbons (Fsp3) is 0.333. The van der Waals surface area contributed by atoms with Crippen LogP contribution in [-0.2, 0) is 24.5 Å². The number of hydrogen-bond donors (Lipinski definition) is 4. The van der Waals surface area contributed by atoms with E-state index in [0.717, 1.165) is 5.56 Å². The molecule has 1 fully saturated rings. The van der Waals surface area contributed by atoms with Crippen molar-refractivity contribution in [1.82, 2.24) is 14.9 Å². The Balaban J connectivity index is 1.95. The van der Waals surface area contributed by atoms with Crippen molar-refractivity contribution in [2.75, 3.05) is 18.2 Å². The fourth-order valence-electron chi connectivity index (χ4n) is 1.99. The van der Waals surface area contributed by atoms with Crippen LogP contribution in [0.5, 0.6) is 0 Å². The van der Waals surface area contributed by atoms with Gasteiger partial charge in [0, 0.05) is 28.9 Å². The molecule has 26 heavy (non-hydrogen) atoms. The van der Waals surface area contributed by atoms with Gasteiger partial charge < -0.3 is 25.3 Å². The normalized spacial score (nSPS) is 19.2. The summed E-state index contributed by atoms with van der Waals surface area (Å²) in [6, 6.07) is 0. The summed E-state index contributed by atoms with van der Waals surface area (Å²) in [6.07, 6.45) is 3.11. The summed E-state index contributed by atoms with van der Waals surface area (Å²) in [5.41, 5.74) is 7.25. The monoisotopic (exact) mass is 424 g/mol. The van der Waals surface area contributed by atoms with Crippen molar-refractivity contribution >= 4 is 33.2 Å². The summed E-state index contributed by atoms with van der Waals surface area (Å²) < 4.78 is 30.2. The molecule has 144 valence electrons. The number of aromatic nitrogens is 2. The van der Waals surface area contributed by atoms with Gasteiger partial charge in [-0.05, 0) is 13.0 Å². The van der Waals surface area contributed by atoms with Crippen LogP contribution in [0.1, 0.15) is 11.4 Å². The smallest absolute Gasteiger partial charge is 0.383 e. The molecule has 1 aliphatic rings. The van der Waals surface area contributed by atoms with E-state index in [1.807, 2.05) is 4.90 Å². The molecule has 1 unspecified atom stereocenters. The van der Waals surface area contributed by atoms with Gasteiger partial charge in [0.05, 0.1) is 12.5 Å². The van der Waals surface area contributed by atoms with Gasteiger partial charge in [-0.25, -0.2) is 19.1 Å². The number of aryl methyl sites for hydroxylation is 1. The highest BCUT2D eigenvalue weighted by molar-refractivity contribution is 8.03. The predicted molar refractivity (Wildman–Crippen MR) is 95.3 cm³/mol. The van der Waals surface area contributed by atoms with Crippen LogP contribution in [0.15, 0.2) is 29.5 Å². The lowest BCUT2D eigenvalue weighted by molar-refractivity contribution is 0.191. The average molecular weight is 424 g/mol. The Morgan fingerprint density at radius 2 is 2.15 bits per heavy atom. The first-order valence-corrected chi connectivity index (χ1v) is 11.1. The number of hydrogen-bond acceptors (Lipinski definition) is 9. The molecule has 1 aromatic rings. The van der Waals surface area contributed by atoms with Crippen LogP contribution >= 0.6 is 27.4 Å².